The molecule has 0 spiro atoms. The summed E-state index contributed by atoms with van der Waals surface area (Å²) in [5, 5.41) is 4.29. The van der Waals surface area contributed by atoms with Crippen LogP contribution < -0.4 is 19.6 Å². The van der Waals surface area contributed by atoms with Gasteiger partial charge >= 0.3 is 0 Å². The Balaban J connectivity index is 1.70. The molecule has 0 atom stereocenters. The summed E-state index contributed by atoms with van der Waals surface area (Å²) >= 11 is 1.25. The second-order valence-corrected chi connectivity index (χ2v) is 7.55. The number of fused-ring (bicyclic) bond motifs is 1. The van der Waals surface area contributed by atoms with Crippen LogP contribution in [0.2, 0.25) is 0 Å². The van der Waals surface area contributed by atoms with E-state index < -0.39 is 0 Å². The van der Waals surface area contributed by atoms with E-state index in [0.717, 1.165) is 12.0 Å². The Bertz CT molecular complexity index is 1280. The standard InChI is InChI=1S/C22H20FN3O3S/c1-3-11-29-17-10-5-14(12-18(17)28-4-2)13-19-21(27)26-22(30-19)24-20(25-26)15-6-8-16(23)9-7-15/h5-10,12-13H,3-4,11H2,1-2H3/b19-13-. The second kappa shape index (κ2) is 8.62. The van der Waals surface area contributed by atoms with Gasteiger partial charge in [0.05, 0.1) is 17.7 Å². The highest BCUT2D eigenvalue weighted by molar-refractivity contribution is 7.15. The number of ether oxygens (including phenoxy) is 2. The lowest BCUT2D eigenvalue weighted by atomic mass is 10.2. The summed E-state index contributed by atoms with van der Waals surface area (Å²) < 4.78 is 26.3. The van der Waals surface area contributed by atoms with Gasteiger partial charge in [-0.25, -0.2) is 4.39 Å². The van der Waals surface area contributed by atoms with E-state index in [4.69, 9.17) is 9.47 Å². The molecule has 0 aliphatic rings. The molecule has 0 amide bonds. The topological polar surface area (TPSA) is 65.7 Å². The van der Waals surface area contributed by atoms with Crippen LogP contribution in [0, 0.1) is 5.82 Å². The fourth-order valence-corrected chi connectivity index (χ4v) is 3.83. The molecule has 4 aromatic rings. The molecule has 0 aliphatic carbocycles. The molecule has 6 nitrogen and oxygen atoms in total. The monoisotopic (exact) mass is 425 g/mol. The predicted molar refractivity (Wildman–Crippen MR) is 115 cm³/mol. The van der Waals surface area contributed by atoms with Gasteiger partial charge in [0.2, 0.25) is 4.96 Å². The molecule has 2 aromatic carbocycles. The quantitative estimate of drug-likeness (QED) is 0.452. The van der Waals surface area contributed by atoms with Crippen molar-refractivity contribution in [2.24, 2.45) is 0 Å². The van der Waals surface area contributed by atoms with Crippen molar-refractivity contribution in [1.82, 2.24) is 14.6 Å². The molecule has 2 heterocycles. The molecule has 0 radical (unpaired) electrons. The van der Waals surface area contributed by atoms with Crippen LogP contribution in [0.1, 0.15) is 25.8 Å². The summed E-state index contributed by atoms with van der Waals surface area (Å²) in [6.07, 6.45) is 2.69. The summed E-state index contributed by atoms with van der Waals surface area (Å²) in [6, 6.07) is 11.4. The lowest BCUT2D eigenvalue weighted by Gasteiger charge is -2.11. The predicted octanol–water partition coefficient (Wildman–Crippen LogP) is 3.69. The Morgan fingerprint density at radius 2 is 1.90 bits per heavy atom. The molecular formula is C22H20FN3O3S. The van der Waals surface area contributed by atoms with Crippen molar-refractivity contribution < 1.29 is 13.9 Å². The average Bonchev–Trinajstić information content (AvgIpc) is 3.28. The lowest BCUT2D eigenvalue weighted by Crippen LogP contribution is -2.23. The smallest absolute Gasteiger partial charge is 0.291 e. The molecule has 0 saturated heterocycles. The molecular weight excluding hydrogens is 405 g/mol. The normalized spacial score (nSPS) is 11.9. The summed E-state index contributed by atoms with van der Waals surface area (Å²) in [7, 11) is 0. The number of aromatic nitrogens is 3. The molecule has 2 aromatic heterocycles. The Labute approximate surface area is 176 Å². The average molecular weight is 425 g/mol. The number of halogens is 1. The van der Waals surface area contributed by atoms with Crippen LogP contribution in [-0.2, 0) is 0 Å². The third kappa shape index (κ3) is 4.04. The highest BCUT2D eigenvalue weighted by Gasteiger charge is 2.12. The maximum Gasteiger partial charge on any atom is 0.291 e. The number of nitrogens with zero attached hydrogens (tertiary/aromatic N) is 3. The summed E-state index contributed by atoms with van der Waals surface area (Å²) in [6.45, 7) is 5.08. The zero-order chi connectivity index (χ0) is 21.1. The molecule has 0 fully saturated rings. The fraction of sp³-hybridized carbons (Fsp3) is 0.227. The van der Waals surface area contributed by atoms with E-state index in [1.54, 1.807) is 18.2 Å². The van der Waals surface area contributed by atoms with Gasteiger partial charge in [-0.15, -0.1) is 5.10 Å². The Kier molecular flexibility index (Phi) is 5.76. The van der Waals surface area contributed by atoms with Crippen molar-refractivity contribution >= 4 is 22.4 Å². The molecule has 8 heteroatoms. The molecule has 30 heavy (non-hydrogen) atoms. The van der Waals surface area contributed by atoms with E-state index in [9.17, 15) is 9.18 Å². The van der Waals surface area contributed by atoms with Gasteiger partial charge in [0.25, 0.3) is 5.56 Å². The van der Waals surface area contributed by atoms with Crippen molar-refractivity contribution in [3.63, 3.8) is 0 Å². The van der Waals surface area contributed by atoms with Gasteiger partial charge in [0, 0.05) is 5.56 Å². The van der Waals surface area contributed by atoms with Crippen LogP contribution in [0.5, 0.6) is 11.5 Å². The minimum atomic E-state index is -0.335. The van der Waals surface area contributed by atoms with Gasteiger partial charge in [-0.05, 0) is 61.4 Å². The van der Waals surface area contributed by atoms with Crippen LogP contribution >= 0.6 is 11.3 Å². The Morgan fingerprint density at radius 3 is 2.60 bits per heavy atom. The third-order valence-corrected chi connectivity index (χ3v) is 5.27. The van der Waals surface area contributed by atoms with E-state index >= 15 is 0 Å². The van der Waals surface area contributed by atoms with Gasteiger partial charge in [0.1, 0.15) is 5.82 Å². The number of hydrogen-bond donors (Lipinski definition) is 0. The van der Waals surface area contributed by atoms with Crippen molar-refractivity contribution in [3.05, 3.63) is 68.7 Å². The van der Waals surface area contributed by atoms with Crippen LogP contribution in [-0.4, -0.2) is 27.8 Å². The first kappa shape index (κ1) is 20.0. The first-order chi connectivity index (χ1) is 14.6. The van der Waals surface area contributed by atoms with Crippen LogP contribution in [0.25, 0.3) is 22.4 Å². The van der Waals surface area contributed by atoms with Gasteiger partial charge < -0.3 is 9.47 Å². The van der Waals surface area contributed by atoms with Crippen molar-refractivity contribution in [3.8, 4) is 22.9 Å². The lowest BCUT2D eigenvalue weighted by molar-refractivity contribution is 0.277. The number of benzene rings is 2. The zero-order valence-corrected chi connectivity index (χ0v) is 17.4. The van der Waals surface area contributed by atoms with E-state index in [0.29, 0.717) is 45.6 Å². The van der Waals surface area contributed by atoms with Crippen LogP contribution in [0.15, 0.2) is 47.3 Å². The van der Waals surface area contributed by atoms with Gasteiger partial charge in [-0.3, -0.25) is 4.79 Å². The number of thiazole rings is 1. The van der Waals surface area contributed by atoms with Gasteiger partial charge in [-0.1, -0.05) is 24.3 Å². The Hall–Kier alpha value is -3.26. The van der Waals surface area contributed by atoms with Gasteiger partial charge in [-0.2, -0.15) is 9.50 Å². The zero-order valence-electron chi connectivity index (χ0n) is 16.6. The fourth-order valence-electron chi connectivity index (χ4n) is 2.92. The van der Waals surface area contributed by atoms with Crippen LogP contribution in [0.4, 0.5) is 4.39 Å². The highest BCUT2D eigenvalue weighted by Crippen LogP contribution is 2.29. The largest absolute Gasteiger partial charge is 0.490 e. The summed E-state index contributed by atoms with van der Waals surface area (Å²) in [5.74, 6) is 1.38. The number of hydrogen-bond acceptors (Lipinski definition) is 6. The maximum atomic E-state index is 13.1. The van der Waals surface area contributed by atoms with Gasteiger partial charge in [0.15, 0.2) is 17.3 Å². The second-order valence-electron chi connectivity index (χ2n) is 6.54. The minimum Gasteiger partial charge on any atom is -0.490 e. The molecule has 154 valence electrons. The van der Waals surface area contributed by atoms with Crippen molar-refractivity contribution in [2.45, 2.75) is 20.3 Å². The minimum absolute atomic E-state index is 0.250. The SMILES string of the molecule is CCCOc1ccc(/C=c2\sc3nc(-c4ccc(F)cc4)nn3c2=O)cc1OCC. The highest BCUT2D eigenvalue weighted by atomic mass is 32.1. The molecule has 4 rings (SSSR count). The first-order valence-corrected chi connectivity index (χ1v) is 10.5. The molecule has 0 aliphatic heterocycles. The molecule has 0 N–H and O–H groups in total. The van der Waals surface area contributed by atoms with E-state index in [2.05, 4.69) is 10.1 Å². The third-order valence-electron chi connectivity index (χ3n) is 4.31. The Morgan fingerprint density at radius 1 is 1.10 bits per heavy atom. The van der Waals surface area contributed by atoms with Crippen molar-refractivity contribution in [2.75, 3.05) is 13.2 Å². The summed E-state index contributed by atoms with van der Waals surface area (Å²) in [5.41, 5.74) is 1.23. The number of rotatable bonds is 7. The van der Waals surface area contributed by atoms with E-state index in [1.807, 2.05) is 32.0 Å². The van der Waals surface area contributed by atoms with E-state index in [-0.39, 0.29) is 11.4 Å². The maximum absolute atomic E-state index is 13.1. The van der Waals surface area contributed by atoms with Crippen LogP contribution in [0.3, 0.4) is 0 Å². The molecule has 0 bridgehead atoms. The van der Waals surface area contributed by atoms with E-state index in [1.165, 1.54) is 28.0 Å². The first-order valence-electron chi connectivity index (χ1n) is 9.66. The summed E-state index contributed by atoms with van der Waals surface area (Å²) in [4.78, 5) is 17.7. The molecule has 0 unspecified atom stereocenters. The van der Waals surface area contributed by atoms with Crippen molar-refractivity contribution in [1.29, 1.82) is 0 Å². The molecule has 0 saturated carbocycles.